The summed E-state index contributed by atoms with van der Waals surface area (Å²) in [5.74, 6) is 0.787. The maximum Gasteiger partial charge on any atom is 0.115 e. The zero-order valence-electron chi connectivity index (χ0n) is 9.40. The first kappa shape index (κ1) is 10.4. The fraction of sp³-hybridized carbons (Fsp3) is 0.286. The second kappa shape index (κ2) is 4.26. The summed E-state index contributed by atoms with van der Waals surface area (Å²) in [7, 11) is 0. The molecule has 0 amide bonds. The first-order valence-corrected chi connectivity index (χ1v) is 5.84. The molecule has 1 saturated carbocycles. The van der Waals surface area contributed by atoms with Crippen molar-refractivity contribution in [1.82, 2.24) is 9.97 Å². The van der Waals surface area contributed by atoms with Gasteiger partial charge in [-0.05, 0) is 23.8 Å². The molecular weight excluding hydrogens is 212 g/mol. The van der Waals surface area contributed by atoms with Gasteiger partial charge in [-0.2, -0.15) is 0 Å². The van der Waals surface area contributed by atoms with E-state index >= 15 is 0 Å². The molecule has 86 valence electrons. The van der Waals surface area contributed by atoms with Gasteiger partial charge in [0.1, 0.15) is 6.33 Å². The monoisotopic (exact) mass is 226 g/mol. The van der Waals surface area contributed by atoms with Gasteiger partial charge in [-0.3, -0.25) is 0 Å². The molecule has 17 heavy (non-hydrogen) atoms. The Morgan fingerprint density at radius 2 is 1.82 bits per heavy atom. The lowest BCUT2D eigenvalue weighted by Crippen LogP contribution is -2.02. The fourth-order valence-electron chi connectivity index (χ4n) is 2.36. The van der Waals surface area contributed by atoms with Crippen LogP contribution < -0.4 is 0 Å². The van der Waals surface area contributed by atoms with Gasteiger partial charge >= 0.3 is 0 Å². The molecule has 3 rings (SSSR count). The predicted molar refractivity (Wildman–Crippen MR) is 64.3 cm³/mol. The predicted octanol–water partition coefficient (Wildman–Crippen LogP) is 2.31. The van der Waals surface area contributed by atoms with Crippen molar-refractivity contribution < 1.29 is 5.11 Å². The molecule has 3 unspecified atom stereocenters. The molecule has 1 N–H and O–H groups in total. The molecule has 3 atom stereocenters. The summed E-state index contributed by atoms with van der Waals surface area (Å²) in [6.07, 6.45) is 5.47. The third-order valence-electron chi connectivity index (χ3n) is 3.40. The van der Waals surface area contributed by atoms with E-state index in [1.165, 1.54) is 11.9 Å². The van der Waals surface area contributed by atoms with E-state index in [9.17, 15) is 5.11 Å². The molecule has 1 heterocycles. The number of benzene rings is 1. The summed E-state index contributed by atoms with van der Waals surface area (Å²) < 4.78 is 0. The van der Waals surface area contributed by atoms with E-state index in [4.69, 9.17) is 0 Å². The van der Waals surface area contributed by atoms with E-state index in [1.807, 2.05) is 18.2 Å². The molecular formula is C14H14N2O. The summed E-state index contributed by atoms with van der Waals surface area (Å²) >= 11 is 0. The van der Waals surface area contributed by atoms with Gasteiger partial charge in [-0.1, -0.05) is 30.3 Å². The van der Waals surface area contributed by atoms with E-state index in [0.717, 1.165) is 12.0 Å². The van der Waals surface area contributed by atoms with E-state index in [1.54, 1.807) is 12.4 Å². The average Bonchev–Trinajstić information content (AvgIpc) is 3.20. The Bertz CT molecular complexity index is 486. The summed E-state index contributed by atoms with van der Waals surface area (Å²) in [5.41, 5.74) is 2.13. The molecule has 0 saturated heterocycles. The molecule has 2 aromatic rings. The molecule has 1 aliphatic rings. The lowest BCUT2D eigenvalue weighted by Gasteiger charge is -2.09. The second-order valence-electron chi connectivity index (χ2n) is 4.53. The van der Waals surface area contributed by atoms with Crippen LogP contribution in [0.25, 0.3) is 0 Å². The van der Waals surface area contributed by atoms with Gasteiger partial charge < -0.3 is 5.11 Å². The largest absolute Gasteiger partial charge is 0.388 e. The van der Waals surface area contributed by atoms with Crippen LogP contribution in [-0.4, -0.2) is 15.1 Å². The molecule has 1 aliphatic carbocycles. The van der Waals surface area contributed by atoms with Gasteiger partial charge in [-0.25, -0.2) is 9.97 Å². The number of nitrogens with zero attached hydrogens (tertiary/aromatic N) is 2. The number of aromatic nitrogens is 2. The third-order valence-corrected chi connectivity index (χ3v) is 3.40. The van der Waals surface area contributed by atoms with Gasteiger partial charge in [0.05, 0.1) is 6.10 Å². The van der Waals surface area contributed by atoms with Crippen molar-refractivity contribution in [2.45, 2.75) is 18.4 Å². The maximum atomic E-state index is 10.2. The lowest BCUT2D eigenvalue weighted by molar-refractivity contribution is 0.150. The van der Waals surface area contributed by atoms with Crippen molar-refractivity contribution in [2.75, 3.05) is 0 Å². The smallest absolute Gasteiger partial charge is 0.115 e. The number of aliphatic hydroxyl groups is 1. The SMILES string of the molecule is OC(c1cncnc1)C1CC1c1ccccc1. The van der Waals surface area contributed by atoms with Crippen molar-refractivity contribution >= 4 is 0 Å². The Morgan fingerprint density at radius 1 is 1.12 bits per heavy atom. The van der Waals surface area contributed by atoms with Gasteiger partial charge in [0.25, 0.3) is 0 Å². The third kappa shape index (κ3) is 2.06. The molecule has 1 aromatic heterocycles. The van der Waals surface area contributed by atoms with Crippen LogP contribution in [0.3, 0.4) is 0 Å². The Labute approximate surface area is 100 Å². The van der Waals surface area contributed by atoms with E-state index < -0.39 is 6.10 Å². The highest BCUT2D eigenvalue weighted by atomic mass is 16.3. The van der Waals surface area contributed by atoms with Crippen LogP contribution in [-0.2, 0) is 0 Å². The van der Waals surface area contributed by atoms with Crippen LogP contribution in [0.5, 0.6) is 0 Å². The van der Waals surface area contributed by atoms with Crippen LogP contribution in [0, 0.1) is 5.92 Å². The van der Waals surface area contributed by atoms with Crippen molar-refractivity contribution in [2.24, 2.45) is 5.92 Å². The summed E-state index contributed by atoms with van der Waals surface area (Å²) in [4.78, 5) is 7.89. The Hall–Kier alpha value is -1.74. The van der Waals surface area contributed by atoms with Gasteiger partial charge in [-0.15, -0.1) is 0 Å². The average molecular weight is 226 g/mol. The van der Waals surface area contributed by atoms with E-state index in [2.05, 4.69) is 22.1 Å². The van der Waals surface area contributed by atoms with Gasteiger partial charge in [0, 0.05) is 18.0 Å². The lowest BCUT2D eigenvalue weighted by atomic mass is 10.0. The Balaban J connectivity index is 1.73. The minimum absolute atomic E-state index is 0.309. The highest BCUT2D eigenvalue weighted by molar-refractivity contribution is 5.28. The van der Waals surface area contributed by atoms with Gasteiger partial charge in [0.2, 0.25) is 0 Å². The van der Waals surface area contributed by atoms with Crippen molar-refractivity contribution in [3.8, 4) is 0 Å². The number of hydrogen-bond donors (Lipinski definition) is 1. The molecule has 0 spiro atoms. The zero-order valence-corrected chi connectivity index (χ0v) is 9.40. The highest BCUT2D eigenvalue weighted by Crippen LogP contribution is 2.53. The molecule has 1 aromatic carbocycles. The highest BCUT2D eigenvalue weighted by Gasteiger charge is 2.43. The van der Waals surface area contributed by atoms with Gasteiger partial charge in [0.15, 0.2) is 0 Å². The maximum absolute atomic E-state index is 10.2. The van der Waals surface area contributed by atoms with Crippen molar-refractivity contribution in [3.05, 3.63) is 60.2 Å². The fourth-order valence-corrected chi connectivity index (χ4v) is 2.36. The van der Waals surface area contributed by atoms with Crippen LogP contribution >= 0.6 is 0 Å². The first-order valence-electron chi connectivity index (χ1n) is 5.84. The summed E-state index contributed by atoms with van der Waals surface area (Å²) in [6.45, 7) is 0. The minimum atomic E-state index is -0.443. The first-order chi connectivity index (χ1) is 8.36. The summed E-state index contributed by atoms with van der Waals surface area (Å²) in [6, 6.07) is 10.4. The van der Waals surface area contributed by atoms with Crippen LogP contribution in [0.2, 0.25) is 0 Å². The quantitative estimate of drug-likeness (QED) is 0.873. The second-order valence-corrected chi connectivity index (χ2v) is 4.53. The topological polar surface area (TPSA) is 46.0 Å². The van der Waals surface area contributed by atoms with Crippen molar-refractivity contribution in [3.63, 3.8) is 0 Å². The van der Waals surface area contributed by atoms with E-state index in [-0.39, 0.29) is 0 Å². The van der Waals surface area contributed by atoms with Crippen molar-refractivity contribution in [1.29, 1.82) is 0 Å². The molecule has 0 bridgehead atoms. The molecule has 3 nitrogen and oxygen atoms in total. The Kier molecular flexibility index (Phi) is 2.61. The normalized spacial score (nSPS) is 24.3. The Morgan fingerprint density at radius 3 is 2.53 bits per heavy atom. The standard InChI is InChI=1S/C14H14N2O/c17-14(11-7-15-9-16-8-11)13-6-12(13)10-4-2-1-3-5-10/h1-5,7-9,12-14,17H,6H2. The number of aliphatic hydroxyl groups excluding tert-OH is 1. The molecule has 0 radical (unpaired) electrons. The molecule has 0 aliphatic heterocycles. The molecule has 3 heteroatoms. The van der Waals surface area contributed by atoms with E-state index in [0.29, 0.717) is 11.8 Å². The minimum Gasteiger partial charge on any atom is -0.388 e. The molecule has 1 fully saturated rings. The van der Waals surface area contributed by atoms with Crippen LogP contribution in [0.4, 0.5) is 0 Å². The number of rotatable bonds is 3. The van der Waals surface area contributed by atoms with Crippen LogP contribution in [0.15, 0.2) is 49.1 Å². The zero-order chi connectivity index (χ0) is 11.7. The summed E-state index contributed by atoms with van der Waals surface area (Å²) in [5, 5.41) is 10.2. The number of hydrogen-bond acceptors (Lipinski definition) is 3. The van der Waals surface area contributed by atoms with Crippen LogP contribution in [0.1, 0.15) is 29.6 Å².